The van der Waals surface area contributed by atoms with Crippen molar-refractivity contribution in [3.63, 3.8) is 0 Å². The Labute approximate surface area is 133 Å². The molecule has 0 amide bonds. The van der Waals surface area contributed by atoms with Crippen molar-refractivity contribution in [1.29, 1.82) is 0 Å². The third kappa shape index (κ3) is 3.53. The Kier molecular flexibility index (Phi) is 4.57. The lowest BCUT2D eigenvalue weighted by Gasteiger charge is -2.29. The van der Waals surface area contributed by atoms with Crippen molar-refractivity contribution in [3.05, 3.63) is 17.5 Å². The highest BCUT2D eigenvalue weighted by atomic mass is 16.5. The number of aliphatic hydroxyl groups excluding tert-OH is 1. The molecule has 0 aromatic carbocycles. The van der Waals surface area contributed by atoms with Gasteiger partial charge in [0.05, 0.1) is 11.8 Å². The SMILES string of the molecule is CC(C)(C)c1cc(CN[C@@H]2CCC[C@@H]2N2CCC(O)C2)no1. The van der Waals surface area contributed by atoms with Crippen LogP contribution in [0, 0.1) is 0 Å². The Hall–Kier alpha value is -0.910. The molecule has 2 N–H and O–H groups in total. The van der Waals surface area contributed by atoms with Crippen LogP contribution in [0.2, 0.25) is 0 Å². The molecule has 5 nitrogen and oxygen atoms in total. The van der Waals surface area contributed by atoms with Crippen LogP contribution in [0.15, 0.2) is 10.6 Å². The molecule has 124 valence electrons. The summed E-state index contributed by atoms with van der Waals surface area (Å²) in [5.41, 5.74) is 0.990. The highest BCUT2D eigenvalue weighted by Crippen LogP contribution is 2.28. The van der Waals surface area contributed by atoms with E-state index in [9.17, 15) is 5.11 Å². The average Bonchev–Trinajstić information content (AvgIpc) is 3.15. The van der Waals surface area contributed by atoms with E-state index >= 15 is 0 Å². The zero-order valence-corrected chi connectivity index (χ0v) is 14.0. The zero-order chi connectivity index (χ0) is 15.7. The largest absolute Gasteiger partial charge is 0.392 e. The van der Waals surface area contributed by atoms with Crippen molar-refractivity contribution in [1.82, 2.24) is 15.4 Å². The predicted octanol–water partition coefficient (Wildman–Crippen LogP) is 2.05. The number of hydrogen-bond donors (Lipinski definition) is 2. The molecular formula is C17H29N3O2. The maximum absolute atomic E-state index is 9.75. The lowest BCUT2D eigenvalue weighted by Crippen LogP contribution is -2.46. The van der Waals surface area contributed by atoms with Gasteiger partial charge in [0.25, 0.3) is 0 Å². The van der Waals surface area contributed by atoms with Gasteiger partial charge >= 0.3 is 0 Å². The minimum Gasteiger partial charge on any atom is -0.392 e. The Bertz CT molecular complexity index is 494. The first kappa shape index (κ1) is 16.0. The zero-order valence-electron chi connectivity index (χ0n) is 14.0. The molecule has 3 rings (SSSR count). The topological polar surface area (TPSA) is 61.5 Å². The summed E-state index contributed by atoms with van der Waals surface area (Å²) < 4.78 is 5.45. The van der Waals surface area contributed by atoms with E-state index in [1.54, 1.807) is 0 Å². The molecule has 0 bridgehead atoms. The highest BCUT2D eigenvalue weighted by molar-refractivity contribution is 5.13. The molecule has 2 heterocycles. The molecule has 1 aliphatic carbocycles. The molecule has 5 heteroatoms. The number of β-amino-alcohol motifs (C(OH)–C–C–N with tert-alkyl or cyclic N) is 1. The van der Waals surface area contributed by atoms with Crippen molar-refractivity contribution in [3.8, 4) is 0 Å². The molecule has 1 saturated carbocycles. The molecule has 0 spiro atoms. The predicted molar refractivity (Wildman–Crippen MR) is 85.7 cm³/mol. The summed E-state index contributed by atoms with van der Waals surface area (Å²) in [6, 6.07) is 3.13. The summed E-state index contributed by atoms with van der Waals surface area (Å²) in [5.74, 6) is 0.940. The van der Waals surface area contributed by atoms with Crippen LogP contribution in [0.3, 0.4) is 0 Å². The van der Waals surface area contributed by atoms with Crippen molar-refractivity contribution >= 4 is 0 Å². The summed E-state index contributed by atoms with van der Waals surface area (Å²) in [5, 5.41) is 17.6. The fourth-order valence-electron chi connectivity index (χ4n) is 3.67. The van der Waals surface area contributed by atoms with Crippen LogP contribution < -0.4 is 5.32 Å². The first-order valence-corrected chi connectivity index (χ1v) is 8.55. The number of aliphatic hydroxyl groups is 1. The Morgan fingerprint density at radius 3 is 2.82 bits per heavy atom. The number of nitrogens with zero attached hydrogens (tertiary/aromatic N) is 2. The van der Waals surface area contributed by atoms with E-state index in [1.165, 1.54) is 19.3 Å². The van der Waals surface area contributed by atoms with Crippen molar-refractivity contribution in [2.45, 2.75) is 76.6 Å². The molecule has 2 aliphatic rings. The summed E-state index contributed by atoms with van der Waals surface area (Å²) in [6.07, 6.45) is 4.49. The number of aromatic nitrogens is 1. The Balaban J connectivity index is 1.55. The van der Waals surface area contributed by atoms with Gasteiger partial charge in [0.15, 0.2) is 0 Å². The normalized spacial score (nSPS) is 30.3. The lowest BCUT2D eigenvalue weighted by molar-refractivity contribution is 0.149. The van der Waals surface area contributed by atoms with Crippen LogP contribution in [0.1, 0.15) is 57.9 Å². The molecule has 2 fully saturated rings. The van der Waals surface area contributed by atoms with E-state index in [2.05, 4.69) is 42.2 Å². The van der Waals surface area contributed by atoms with Gasteiger partial charge in [-0.15, -0.1) is 0 Å². The quantitative estimate of drug-likeness (QED) is 0.891. The Morgan fingerprint density at radius 1 is 1.36 bits per heavy atom. The van der Waals surface area contributed by atoms with Gasteiger partial charge in [-0.2, -0.15) is 0 Å². The van der Waals surface area contributed by atoms with Gasteiger partial charge in [0.2, 0.25) is 0 Å². The van der Waals surface area contributed by atoms with E-state index in [4.69, 9.17) is 4.52 Å². The van der Waals surface area contributed by atoms with Crippen LogP contribution in [0.5, 0.6) is 0 Å². The van der Waals surface area contributed by atoms with Crippen molar-refractivity contribution < 1.29 is 9.63 Å². The van der Waals surface area contributed by atoms with Crippen LogP contribution in [-0.4, -0.2) is 46.4 Å². The van der Waals surface area contributed by atoms with Crippen LogP contribution >= 0.6 is 0 Å². The number of hydrogen-bond acceptors (Lipinski definition) is 5. The van der Waals surface area contributed by atoms with E-state index in [0.717, 1.165) is 37.5 Å². The van der Waals surface area contributed by atoms with Crippen LogP contribution in [0.4, 0.5) is 0 Å². The molecule has 0 radical (unpaired) electrons. The van der Waals surface area contributed by atoms with Crippen molar-refractivity contribution in [2.75, 3.05) is 13.1 Å². The minimum absolute atomic E-state index is 0.00678. The smallest absolute Gasteiger partial charge is 0.142 e. The summed E-state index contributed by atoms with van der Waals surface area (Å²) in [4.78, 5) is 2.46. The van der Waals surface area contributed by atoms with E-state index in [0.29, 0.717) is 12.1 Å². The minimum atomic E-state index is -0.133. The maximum atomic E-state index is 9.75. The number of nitrogens with one attached hydrogen (secondary N) is 1. The first-order chi connectivity index (χ1) is 10.4. The monoisotopic (exact) mass is 307 g/mol. The molecule has 1 aromatic rings. The van der Waals surface area contributed by atoms with E-state index < -0.39 is 0 Å². The molecule has 3 atom stereocenters. The summed E-state index contributed by atoms with van der Waals surface area (Å²) in [6.45, 7) is 9.03. The Morgan fingerprint density at radius 2 is 2.18 bits per heavy atom. The second-order valence-corrected chi connectivity index (χ2v) is 7.86. The van der Waals surface area contributed by atoms with Crippen LogP contribution in [-0.2, 0) is 12.0 Å². The third-order valence-electron chi connectivity index (χ3n) is 4.99. The standard InChI is InChI=1S/C17H29N3O2/c1-17(2,3)16-9-12(19-22-16)10-18-14-5-4-6-15(14)20-8-7-13(21)11-20/h9,13-15,18,21H,4-8,10-11H2,1-3H3/t13?,14-,15+/m1/s1. The van der Waals surface area contributed by atoms with Gasteiger partial charge in [-0.3, -0.25) is 4.90 Å². The number of likely N-dealkylation sites (tertiary alicyclic amines) is 1. The molecule has 1 aliphatic heterocycles. The number of rotatable bonds is 4. The van der Waals surface area contributed by atoms with Gasteiger partial charge < -0.3 is 14.9 Å². The van der Waals surface area contributed by atoms with E-state index in [1.807, 2.05) is 0 Å². The lowest BCUT2D eigenvalue weighted by atomic mass is 9.93. The van der Waals surface area contributed by atoms with Gasteiger partial charge in [0.1, 0.15) is 5.76 Å². The highest BCUT2D eigenvalue weighted by Gasteiger charge is 2.35. The molecule has 1 saturated heterocycles. The van der Waals surface area contributed by atoms with Gasteiger partial charge in [-0.1, -0.05) is 32.3 Å². The third-order valence-corrected chi connectivity index (χ3v) is 4.99. The average molecular weight is 307 g/mol. The summed E-state index contributed by atoms with van der Waals surface area (Å²) in [7, 11) is 0. The second kappa shape index (κ2) is 6.30. The maximum Gasteiger partial charge on any atom is 0.142 e. The molecule has 1 unspecified atom stereocenters. The van der Waals surface area contributed by atoms with Gasteiger partial charge in [-0.05, 0) is 19.3 Å². The van der Waals surface area contributed by atoms with Crippen LogP contribution in [0.25, 0.3) is 0 Å². The van der Waals surface area contributed by atoms with E-state index in [-0.39, 0.29) is 11.5 Å². The van der Waals surface area contributed by atoms with Gasteiger partial charge in [0, 0.05) is 43.2 Å². The molecular weight excluding hydrogens is 278 g/mol. The first-order valence-electron chi connectivity index (χ1n) is 8.55. The molecule has 22 heavy (non-hydrogen) atoms. The fraction of sp³-hybridized carbons (Fsp3) is 0.824. The fourth-order valence-corrected chi connectivity index (χ4v) is 3.67. The molecule has 1 aromatic heterocycles. The second-order valence-electron chi connectivity index (χ2n) is 7.86. The van der Waals surface area contributed by atoms with Gasteiger partial charge in [-0.25, -0.2) is 0 Å². The summed E-state index contributed by atoms with van der Waals surface area (Å²) >= 11 is 0. The van der Waals surface area contributed by atoms with Crippen molar-refractivity contribution in [2.24, 2.45) is 0 Å².